The second-order valence-corrected chi connectivity index (χ2v) is 5.79. The van der Waals surface area contributed by atoms with Crippen molar-refractivity contribution in [1.82, 2.24) is 9.97 Å². The summed E-state index contributed by atoms with van der Waals surface area (Å²) in [6, 6.07) is 9.72. The largest absolute Gasteiger partial charge is 0.384 e. The maximum Gasteiger partial charge on any atom is 0.135 e. The lowest BCUT2D eigenvalue weighted by Gasteiger charge is -2.11. The van der Waals surface area contributed by atoms with Crippen LogP contribution in [0.2, 0.25) is 5.02 Å². The molecule has 3 nitrogen and oxygen atoms in total. The number of benzene rings is 1. The van der Waals surface area contributed by atoms with Gasteiger partial charge in [-0.3, -0.25) is 0 Å². The molecular formula is C16H18ClN3. The third-order valence-corrected chi connectivity index (χ3v) is 4.26. The number of nitrogen functional groups attached to an aromatic ring is 1. The van der Waals surface area contributed by atoms with E-state index in [1.54, 1.807) is 0 Å². The fourth-order valence-corrected chi connectivity index (χ4v) is 3.06. The second kappa shape index (κ2) is 5.80. The summed E-state index contributed by atoms with van der Waals surface area (Å²) in [6.07, 6.45) is 5.62. The van der Waals surface area contributed by atoms with Gasteiger partial charge in [-0.15, -0.1) is 0 Å². The average Bonchev–Trinajstić information content (AvgIpc) is 2.95. The van der Waals surface area contributed by atoms with Crippen molar-refractivity contribution in [1.29, 1.82) is 0 Å². The molecule has 0 aliphatic heterocycles. The lowest BCUT2D eigenvalue weighted by Crippen LogP contribution is -2.06. The van der Waals surface area contributed by atoms with Gasteiger partial charge in [0.2, 0.25) is 0 Å². The summed E-state index contributed by atoms with van der Waals surface area (Å²) < 4.78 is 0. The normalized spacial score (nSPS) is 15.7. The van der Waals surface area contributed by atoms with Gasteiger partial charge < -0.3 is 5.73 Å². The fourth-order valence-electron chi connectivity index (χ4n) is 2.86. The van der Waals surface area contributed by atoms with Crippen molar-refractivity contribution in [3.05, 3.63) is 52.4 Å². The number of halogens is 1. The summed E-state index contributed by atoms with van der Waals surface area (Å²) in [5.74, 6) is 1.87. The van der Waals surface area contributed by atoms with Crippen molar-refractivity contribution in [2.24, 2.45) is 0 Å². The van der Waals surface area contributed by atoms with Crippen LogP contribution in [0.25, 0.3) is 0 Å². The molecule has 1 aliphatic carbocycles. The first-order valence-corrected chi connectivity index (χ1v) is 7.47. The molecule has 0 radical (unpaired) electrons. The van der Waals surface area contributed by atoms with Crippen molar-refractivity contribution in [3.63, 3.8) is 0 Å². The Kier molecular flexibility index (Phi) is 3.88. The minimum atomic E-state index is 0.547. The summed E-state index contributed by atoms with van der Waals surface area (Å²) in [5.41, 5.74) is 8.07. The maximum atomic E-state index is 6.19. The molecular weight excluding hydrogens is 270 g/mol. The molecule has 0 spiro atoms. The first kappa shape index (κ1) is 13.4. The van der Waals surface area contributed by atoms with E-state index in [4.69, 9.17) is 22.3 Å². The van der Waals surface area contributed by atoms with Crippen molar-refractivity contribution in [2.75, 3.05) is 5.73 Å². The van der Waals surface area contributed by atoms with E-state index in [9.17, 15) is 0 Å². The molecule has 104 valence electrons. The highest BCUT2D eigenvalue weighted by Crippen LogP contribution is 2.33. The van der Waals surface area contributed by atoms with Crippen molar-refractivity contribution < 1.29 is 0 Å². The number of nitrogens with zero attached hydrogens (tertiary/aromatic N) is 2. The number of hydrogen-bond acceptors (Lipinski definition) is 3. The van der Waals surface area contributed by atoms with E-state index in [1.165, 1.54) is 25.7 Å². The topological polar surface area (TPSA) is 51.8 Å². The Hall–Kier alpha value is -1.61. The van der Waals surface area contributed by atoms with E-state index in [0.29, 0.717) is 18.2 Å². The van der Waals surface area contributed by atoms with E-state index in [2.05, 4.69) is 4.98 Å². The van der Waals surface area contributed by atoms with Crippen LogP contribution in [-0.4, -0.2) is 9.97 Å². The Morgan fingerprint density at radius 3 is 2.65 bits per heavy atom. The van der Waals surface area contributed by atoms with Crippen molar-refractivity contribution in [3.8, 4) is 0 Å². The highest BCUT2D eigenvalue weighted by molar-refractivity contribution is 6.31. The van der Waals surface area contributed by atoms with Crippen LogP contribution in [0.4, 0.5) is 5.82 Å². The Morgan fingerprint density at radius 1 is 1.15 bits per heavy atom. The second-order valence-electron chi connectivity index (χ2n) is 5.38. The van der Waals surface area contributed by atoms with Gasteiger partial charge in [-0.05, 0) is 24.5 Å². The lowest BCUT2D eigenvalue weighted by molar-refractivity contribution is 0.687. The predicted octanol–water partition coefficient (Wildman–Crippen LogP) is 3.96. The molecule has 0 bridgehead atoms. The number of nitrogens with two attached hydrogens (primary N) is 1. The molecule has 1 aromatic heterocycles. The van der Waals surface area contributed by atoms with E-state index in [-0.39, 0.29) is 0 Å². The van der Waals surface area contributed by atoms with E-state index in [0.717, 1.165) is 22.1 Å². The van der Waals surface area contributed by atoms with Gasteiger partial charge >= 0.3 is 0 Å². The van der Waals surface area contributed by atoms with Crippen LogP contribution >= 0.6 is 11.6 Å². The molecule has 1 saturated carbocycles. The van der Waals surface area contributed by atoms with Gasteiger partial charge in [0, 0.05) is 29.1 Å². The fraction of sp³-hybridized carbons (Fsp3) is 0.375. The monoisotopic (exact) mass is 287 g/mol. The van der Waals surface area contributed by atoms with Gasteiger partial charge in [0.1, 0.15) is 11.6 Å². The zero-order chi connectivity index (χ0) is 13.9. The van der Waals surface area contributed by atoms with Gasteiger partial charge in [0.25, 0.3) is 0 Å². The third-order valence-electron chi connectivity index (χ3n) is 3.89. The molecule has 0 atom stereocenters. The third kappa shape index (κ3) is 2.93. The molecule has 2 N–H and O–H groups in total. The van der Waals surface area contributed by atoms with Crippen LogP contribution in [0.15, 0.2) is 30.3 Å². The Morgan fingerprint density at radius 2 is 1.90 bits per heavy atom. The minimum Gasteiger partial charge on any atom is -0.384 e. The molecule has 1 fully saturated rings. The van der Waals surface area contributed by atoms with Gasteiger partial charge in [0.15, 0.2) is 0 Å². The Labute approximate surface area is 124 Å². The summed E-state index contributed by atoms with van der Waals surface area (Å²) in [6.45, 7) is 0. The minimum absolute atomic E-state index is 0.547. The number of rotatable bonds is 3. The molecule has 1 heterocycles. The van der Waals surface area contributed by atoms with Crippen LogP contribution in [0.3, 0.4) is 0 Å². The van der Waals surface area contributed by atoms with Gasteiger partial charge in [-0.25, -0.2) is 9.97 Å². The summed E-state index contributed by atoms with van der Waals surface area (Å²) in [7, 11) is 0. The van der Waals surface area contributed by atoms with E-state index in [1.807, 2.05) is 30.3 Å². The summed E-state index contributed by atoms with van der Waals surface area (Å²) in [5, 5.41) is 0.751. The molecule has 1 aliphatic rings. The Balaban J connectivity index is 1.88. The first-order valence-electron chi connectivity index (χ1n) is 7.09. The Bertz CT molecular complexity index is 606. The molecule has 0 amide bonds. The molecule has 2 aromatic rings. The molecule has 4 heteroatoms. The van der Waals surface area contributed by atoms with Crippen LogP contribution in [-0.2, 0) is 6.42 Å². The zero-order valence-corrected chi connectivity index (χ0v) is 12.1. The molecule has 3 rings (SSSR count). The molecule has 1 aromatic carbocycles. The average molecular weight is 288 g/mol. The lowest BCUT2D eigenvalue weighted by atomic mass is 10.0. The molecule has 0 unspecified atom stereocenters. The van der Waals surface area contributed by atoms with E-state index < -0.39 is 0 Å². The van der Waals surface area contributed by atoms with Crippen LogP contribution in [0, 0.1) is 0 Å². The summed E-state index contributed by atoms with van der Waals surface area (Å²) >= 11 is 6.19. The highest BCUT2D eigenvalue weighted by atomic mass is 35.5. The summed E-state index contributed by atoms with van der Waals surface area (Å²) in [4.78, 5) is 9.05. The van der Waals surface area contributed by atoms with Crippen LogP contribution < -0.4 is 5.73 Å². The van der Waals surface area contributed by atoms with Crippen LogP contribution in [0.5, 0.6) is 0 Å². The van der Waals surface area contributed by atoms with Crippen LogP contribution in [0.1, 0.15) is 48.7 Å². The molecule has 20 heavy (non-hydrogen) atoms. The zero-order valence-electron chi connectivity index (χ0n) is 11.3. The smallest absolute Gasteiger partial charge is 0.135 e. The molecule has 0 saturated heterocycles. The number of aromatic nitrogens is 2. The van der Waals surface area contributed by atoms with Gasteiger partial charge in [0.05, 0.1) is 0 Å². The van der Waals surface area contributed by atoms with E-state index >= 15 is 0 Å². The first-order chi connectivity index (χ1) is 9.72. The number of anilines is 1. The standard InChI is InChI=1S/C16H18ClN3/c17-13-8-4-3-7-12(13)9-16-19-14(10-15(18)20-16)11-5-1-2-6-11/h3-4,7-8,10-11H,1-2,5-6,9H2,(H2,18,19,20). The maximum absolute atomic E-state index is 6.19. The van der Waals surface area contributed by atoms with Crippen molar-refractivity contribution >= 4 is 17.4 Å². The van der Waals surface area contributed by atoms with Crippen molar-refractivity contribution in [2.45, 2.75) is 38.0 Å². The predicted molar refractivity (Wildman–Crippen MR) is 81.9 cm³/mol. The quantitative estimate of drug-likeness (QED) is 0.929. The SMILES string of the molecule is Nc1cc(C2CCCC2)nc(Cc2ccccc2Cl)n1. The van der Waals surface area contributed by atoms with Gasteiger partial charge in [-0.2, -0.15) is 0 Å². The van der Waals surface area contributed by atoms with Gasteiger partial charge in [-0.1, -0.05) is 42.6 Å². The highest BCUT2D eigenvalue weighted by Gasteiger charge is 2.19. The number of hydrogen-bond donors (Lipinski definition) is 1.